The van der Waals surface area contributed by atoms with Crippen molar-refractivity contribution in [3.05, 3.63) is 100 Å². The number of amides is 2. The number of imide groups is 1. The second kappa shape index (κ2) is 8.30. The number of rotatable bonds is 5. The smallest absolute Gasteiger partial charge is 0.283 e. The summed E-state index contributed by atoms with van der Waals surface area (Å²) in [6, 6.07) is 18.4. The van der Waals surface area contributed by atoms with Crippen molar-refractivity contribution < 1.29 is 18.4 Å². The molecule has 3 aromatic carbocycles. The normalized spacial score (nSPS) is 13.9. The SMILES string of the molecule is O=C1C(Nc2ccccc2F)=C(Sc2ccccc2)C(=O)N1c1ccc(F)c(Cl)c1. The number of anilines is 2. The largest absolute Gasteiger partial charge is 0.348 e. The maximum atomic E-state index is 14.2. The Bertz CT molecular complexity index is 1180. The van der Waals surface area contributed by atoms with Gasteiger partial charge in [-0.15, -0.1) is 0 Å². The zero-order valence-corrected chi connectivity index (χ0v) is 16.8. The van der Waals surface area contributed by atoms with E-state index in [4.69, 9.17) is 11.6 Å². The van der Waals surface area contributed by atoms with Crippen molar-refractivity contribution in [2.24, 2.45) is 0 Å². The standard InChI is InChI=1S/C22H13ClF2N2O2S/c23-15-12-13(10-11-16(15)24)27-21(28)19(26-18-9-5-4-8-17(18)25)20(22(27)29)30-14-6-2-1-3-7-14/h1-12,26H. The Morgan fingerprint density at radius 1 is 0.833 bits per heavy atom. The first kappa shape index (κ1) is 20.1. The van der Waals surface area contributed by atoms with E-state index in [1.54, 1.807) is 30.3 Å². The van der Waals surface area contributed by atoms with Crippen molar-refractivity contribution >= 4 is 46.6 Å². The minimum atomic E-state index is -0.690. The fraction of sp³-hybridized carbons (Fsp3) is 0. The lowest BCUT2D eigenvalue weighted by atomic mass is 10.2. The first-order valence-electron chi connectivity index (χ1n) is 8.78. The van der Waals surface area contributed by atoms with Crippen LogP contribution in [0.1, 0.15) is 0 Å². The molecule has 30 heavy (non-hydrogen) atoms. The minimum absolute atomic E-state index is 0.0544. The quantitative estimate of drug-likeness (QED) is 0.522. The predicted octanol–water partition coefficient (Wildman–Crippen LogP) is 5.61. The van der Waals surface area contributed by atoms with Crippen LogP contribution in [0.4, 0.5) is 20.2 Å². The Hall–Kier alpha value is -3.16. The zero-order chi connectivity index (χ0) is 21.3. The van der Waals surface area contributed by atoms with Gasteiger partial charge in [-0.05, 0) is 42.5 Å². The second-order valence-electron chi connectivity index (χ2n) is 6.27. The van der Waals surface area contributed by atoms with Gasteiger partial charge in [-0.1, -0.05) is 53.7 Å². The summed E-state index contributed by atoms with van der Waals surface area (Å²) in [7, 11) is 0. The number of hydrogen-bond acceptors (Lipinski definition) is 4. The topological polar surface area (TPSA) is 49.4 Å². The highest BCUT2D eigenvalue weighted by molar-refractivity contribution is 8.04. The van der Waals surface area contributed by atoms with Gasteiger partial charge >= 0.3 is 0 Å². The van der Waals surface area contributed by atoms with Crippen LogP contribution in [-0.2, 0) is 9.59 Å². The first-order chi connectivity index (χ1) is 14.5. The minimum Gasteiger partial charge on any atom is -0.348 e. The number of benzene rings is 3. The van der Waals surface area contributed by atoms with Gasteiger partial charge in [-0.2, -0.15) is 0 Å². The molecule has 0 aromatic heterocycles. The number of nitrogens with zero attached hydrogens (tertiary/aromatic N) is 1. The lowest BCUT2D eigenvalue weighted by Crippen LogP contribution is -2.32. The molecule has 150 valence electrons. The number of para-hydroxylation sites is 1. The van der Waals surface area contributed by atoms with E-state index < -0.39 is 23.4 Å². The number of carbonyl (C=O) groups excluding carboxylic acids is 2. The summed E-state index contributed by atoms with van der Waals surface area (Å²) in [5, 5.41) is 2.53. The monoisotopic (exact) mass is 442 g/mol. The number of halogens is 3. The number of carbonyl (C=O) groups is 2. The van der Waals surface area contributed by atoms with Crippen LogP contribution in [0.2, 0.25) is 5.02 Å². The molecule has 1 aliphatic heterocycles. The van der Waals surface area contributed by atoms with E-state index >= 15 is 0 Å². The summed E-state index contributed by atoms with van der Waals surface area (Å²) >= 11 is 6.91. The molecule has 4 rings (SSSR count). The van der Waals surface area contributed by atoms with E-state index in [0.29, 0.717) is 0 Å². The fourth-order valence-electron chi connectivity index (χ4n) is 2.88. The summed E-state index contributed by atoms with van der Waals surface area (Å²) in [5.41, 5.74) is 0.103. The van der Waals surface area contributed by atoms with Gasteiger partial charge in [0.15, 0.2) is 0 Å². The number of thioether (sulfide) groups is 1. The Labute approximate surface area is 180 Å². The van der Waals surface area contributed by atoms with Crippen LogP contribution >= 0.6 is 23.4 Å². The average Bonchev–Trinajstić information content (AvgIpc) is 2.96. The molecule has 2 amide bonds. The lowest BCUT2D eigenvalue weighted by Gasteiger charge is -2.16. The highest BCUT2D eigenvalue weighted by atomic mass is 35.5. The van der Waals surface area contributed by atoms with E-state index in [1.807, 2.05) is 6.07 Å². The molecule has 1 heterocycles. The van der Waals surface area contributed by atoms with Gasteiger partial charge in [0.1, 0.15) is 22.2 Å². The molecular weight excluding hydrogens is 430 g/mol. The highest BCUT2D eigenvalue weighted by Crippen LogP contribution is 2.38. The molecule has 0 fully saturated rings. The number of hydrogen-bond donors (Lipinski definition) is 1. The summed E-state index contributed by atoms with van der Waals surface area (Å²) in [4.78, 5) is 28.0. The Balaban J connectivity index is 1.77. The van der Waals surface area contributed by atoms with Crippen LogP contribution < -0.4 is 10.2 Å². The van der Waals surface area contributed by atoms with Gasteiger partial charge in [0.25, 0.3) is 11.8 Å². The maximum Gasteiger partial charge on any atom is 0.283 e. The van der Waals surface area contributed by atoms with E-state index in [-0.39, 0.29) is 27.0 Å². The summed E-state index contributed by atoms with van der Waals surface area (Å²) < 4.78 is 27.7. The molecule has 0 aliphatic carbocycles. The maximum absolute atomic E-state index is 14.2. The molecule has 1 N–H and O–H groups in total. The van der Waals surface area contributed by atoms with Gasteiger partial charge in [-0.25, -0.2) is 13.7 Å². The lowest BCUT2D eigenvalue weighted by molar-refractivity contribution is -0.120. The van der Waals surface area contributed by atoms with Crippen molar-refractivity contribution in [1.29, 1.82) is 0 Å². The molecule has 0 unspecified atom stereocenters. The Kier molecular flexibility index (Phi) is 5.57. The van der Waals surface area contributed by atoms with Gasteiger partial charge in [-0.3, -0.25) is 9.59 Å². The molecule has 0 spiro atoms. The second-order valence-corrected chi connectivity index (χ2v) is 7.76. The van der Waals surface area contributed by atoms with E-state index in [2.05, 4.69) is 5.32 Å². The predicted molar refractivity (Wildman–Crippen MR) is 113 cm³/mol. The van der Waals surface area contributed by atoms with Crippen molar-refractivity contribution in [3.63, 3.8) is 0 Å². The molecule has 0 saturated carbocycles. The Morgan fingerprint density at radius 2 is 1.53 bits per heavy atom. The third-order valence-electron chi connectivity index (χ3n) is 4.30. The van der Waals surface area contributed by atoms with Crippen molar-refractivity contribution in [2.45, 2.75) is 4.90 Å². The zero-order valence-electron chi connectivity index (χ0n) is 15.2. The van der Waals surface area contributed by atoms with Gasteiger partial charge in [0.05, 0.1) is 16.4 Å². The molecule has 0 saturated heterocycles. The molecule has 8 heteroatoms. The van der Waals surface area contributed by atoms with Crippen LogP contribution in [0.25, 0.3) is 0 Å². The van der Waals surface area contributed by atoms with Crippen LogP contribution in [-0.4, -0.2) is 11.8 Å². The van der Waals surface area contributed by atoms with Crippen LogP contribution in [0.15, 0.2) is 88.3 Å². The van der Waals surface area contributed by atoms with Crippen LogP contribution in [0.3, 0.4) is 0 Å². The molecule has 0 atom stereocenters. The molecule has 3 aromatic rings. The summed E-state index contributed by atoms with van der Waals surface area (Å²) in [6.45, 7) is 0. The van der Waals surface area contributed by atoms with Gasteiger partial charge < -0.3 is 5.32 Å². The van der Waals surface area contributed by atoms with Gasteiger partial charge in [0, 0.05) is 4.90 Å². The summed E-state index contributed by atoms with van der Waals surface area (Å²) in [5.74, 6) is -2.55. The van der Waals surface area contributed by atoms with Gasteiger partial charge in [0.2, 0.25) is 0 Å². The molecule has 0 bridgehead atoms. The molecular formula is C22H13ClF2N2O2S. The number of nitrogens with one attached hydrogen (secondary N) is 1. The van der Waals surface area contributed by atoms with E-state index in [9.17, 15) is 18.4 Å². The van der Waals surface area contributed by atoms with Crippen molar-refractivity contribution in [1.82, 2.24) is 0 Å². The Morgan fingerprint density at radius 3 is 2.23 bits per heavy atom. The van der Waals surface area contributed by atoms with E-state index in [1.165, 1.54) is 30.3 Å². The highest BCUT2D eigenvalue weighted by Gasteiger charge is 2.40. The molecule has 0 radical (unpaired) electrons. The van der Waals surface area contributed by atoms with E-state index in [0.717, 1.165) is 27.6 Å². The van der Waals surface area contributed by atoms with Crippen LogP contribution in [0, 0.1) is 11.6 Å². The van der Waals surface area contributed by atoms with Crippen molar-refractivity contribution in [2.75, 3.05) is 10.2 Å². The fourth-order valence-corrected chi connectivity index (χ4v) is 4.00. The van der Waals surface area contributed by atoms with Crippen LogP contribution in [0.5, 0.6) is 0 Å². The average molecular weight is 443 g/mol. The summed E-state index contributed by atoms with van der Waals surface area (Å²) in [6.07, 6.45) is 0. The van der Waals surface area contributed by atoms with Crippen molar-refractivity contribution in [3.8, 4) is 0 Å². The molecule has 4 nitrogen and oxygen atoms in total. The first-order valence-corrected chi connectivity index (χ1v) is 9.97. The third-order valence-corrected chi connectivity index (χ3v) is 5.68. The molecule has 1 aliphatic rings. The third kappa shape index (κ3) is 3.81.